The van der Waals surface area contributed by atoms with Crippen LogP contribution in [-0.4, -0.2) is 27.8 Å². The fourth-order valence-electron chi connectivity index (χ4n) is 2.22. The molecule has 0 bridgehead atoms. The van der Waals surface area contributed by atoms with Crippen LogP contribution >= 0.6 is 0 Å². The summed E-state index contributed by atoms with van der Waals surface area (Å²) >= 11 is 0. The minimum atomic E-state index is -0.297. The lowest BCUT2D eigenvalue weighted by atomic mass is 10.1. The highest BCUT2D eigenvalue weighted by Gasteiger charge is 2.19. The van der Waals surface area contributed by atoms with Crippen LogP contribution in [0, 0.1) is 6.92 Å². The van der Waals surface area contributed by atoms with Crippen LogP contribution in [-0.2, 0) is 0 Å². The Morgan fingerprint density at radius 2 is 1.90 bits per heavy atom. The number of pyridine rings is 1. The number of rotatable bonds is 3. The van der Waals surface area contributed by atoms with Gasteiger partial charge in [-0.2, -0.15) is 0 Å². The number of aryl methyl sites for hydroxylation is 1. The van der Waals surface area contributed by atoms with E-state index in [2.05, 4.69) is 15.0 Å². The molecule has 21 heavy (non-hydrogen) atoms. The smallest absolute Gasteiger partial charge is 0.243 e. The van der Waals surface area contributed by atoms with E-state index >= 15 is 0 Å². The molecule has 3 rings (SSSR count). The quantitative estimate of drug-likeness (QED) is 0.689. The molecular formula is C16H13N3O2. The van der Waals surface area contributed by atoms with E-state index in [1.54, 1.807) is 6.07 Å². The SMILES string of the molecule is COc1nccnc1C(=O)c1cc(C)c2ccccc2n1. The maximum absolute atomic E-state index is 12.6. The molecule has 0 saturated carbocycles. The number of carbonyl (C=O) groups excluding carboxylic acids is 1. The number of aromatic nitrogens is 3. The first-order valence-corrected chi connectivity index (χ1v) is 6.47. The fourth-order valence-corrected chi connectivity index (χ4v) is 2.22. The van der Waals surface area contributed by atoms with Gasteiger partial charge in [-0.3, -0.25) is 4.79 Å². The van der Waals surface area contributed by atoms with Crippen LogP contribution in [0.1, 0.15) is 21.7 Å². The number of hydrogen-bond acceptors (Lipinski definition) is 5. The summed E-state index contributed by atoms with van der Waals surface area (Å²) in [5, 5.41) is 1.03. The van der Waals surface area contributed by atoms with Gasteiger partial charge in [0.2, 0.25) is 11.7 Å². The van der Waals surface area contributed by atoms with Crippen LogP contribution in [0.5, 0.6) is 5.88 Å². The van der Waals surface area contributed by atoms with Gasteiger partial charge in [0.05, 0.1) is 12.6 Å². The number of fused-ring (bicyclic) bond motifs is 1. The number of ether oxygens (including phenoxy) is 1. The number of carbonyl (C=O) groups is 1. The predicted molar refractivity (Wildman–Crippen MR) is 78.5 cm³/mol. The molecule has 104 valence electrons. The van der Waals surface area contributed by atoms with Gasteiger partial charge in [-0.25, -0.2) is 15.0 Å². The van der Waals surface area contributed by atoms with Crippen LogP contribution in [0.3, 0.4) is 0 Å². The third-order valence-corrected chi connectivity index (χ3v) is 3.23. The third kappa shape index (κ3) is 2.33. The Hall–Kier alpha value is -2.82. The lowest BCUT2D eigenvalue weighted by molar-refractivity contribution is 0.102. The van der Waals surface area contributed by atoms with E-state index in [9.17, 15) is 4.79 Å². The summed E-state index contributed by atoms with van der Waals surface area (Å²) in [6, 6.07) is 9.47. The maximum Gasteiger partial charge on any atom is 0.243 e. The number of nitrogens with zero attached hydrogens (tertiary/aromatic N) is 3. The zero-order valence-corrected chi connectivity index (χ0v) is 11.7. The van der Waals surface area contributed by atoms with Gasteiger partial charge in [-0.1, -0.05) is 18.2 Å². The number of ketones is 1. The van der Waals surface area contributed by atoms with Crippen molar-refractivity contribution in [3.05, 3.63) is 59.7 Å². The van der Waals surface area contributed by atoms with Crippen molar-refractivity contribution in [2.45, 2.75) is 6.92 Å². The summed E-state index contributed by atoms with van der Waals surface area (Å²) < 4.78 is 5.08. The molecule has 2 aromatic heterocycles. The lowest BCUT2D eigenvalue weighted by Gasteiger charge is -2.07. The highest BCUT2D eigenvalue weighted by Crippen LogP contribution is 2.20. The Morgan fingerprint density at radius 1 is 1.14 bits per heavy atom. The molecule has 0 radical (unpaired) electrons. The van der Waals surface area contributed by atoms with Crippen molar-refractivity contribution in [2.24, 2.45) is 0 Å². The van der Waals surface area contributed by atoms with Gasteiger partial charge >= 0.3 is 0 Å². The summed E-state index contributed by atoms with van der Waals surface area (Å²) in [5.41, 5.74) is 2.28. The molecule has 3 aromatic rings. The van der Waals surface area contributed by atoms with Crippen LogP contribution < -0.4 is 4.74 Å². The van der Waals surface area contributed by atoms with E-state index in [1.165, 1.54) is 19.5 Å². The summed E-state index contributed by atoms with van der Waals surface area (Å²) in [4.78, 5) is 25.0. The number of methoxy groups -OCH3 is 1. The average molecular weight is 279 g/mol. The average Bonchev–Trinajstić information content (AvgIpc) is 2.54. The zero-order valence-electron chi connectivity index (χ0n) is 11.7. The Balaban J connectivity index is 2.14. The summed E-state index contributed by atoms with van der Waals surface area (Å²) in [6.07, 6.45) is 2.94. The predicted octanol–water partition coefficient (Wildman–Crippen LogP) is 2.57. The molecule has 0 unspecified atom stereocenters. The summed E-state index contributed by atoms with van der Waals surface area (Å²) in [6.45, 7) is 1.95. The number of hydrogen-bond donors (Lipinski definition) is 0. The highest BCUT2D eigenvalue weighted by atomic mass is 16.5. The molecule has 2 heterocycles. The molecule has 0 amide bonds. The van der Waals surface area contributed by atoms with E-state index in [1.807, 2.05) is 31.2 Å². The van der Waals surface area contributed by atoms with E-state index < -0.39 is 0 Å². The van der Waals surface area contributed by atoms with Gasteiger partial charge in [-0.05, 0) is 24.6 Å². The first-order chi connectivity index (χ1) is 10.2. The van der Waals surface area contributed by atoms with Gasteiger partial charge in [0.25, 0.3) is 0 Å². The fraction of sp³-hybridized carbons (Fsp3) is 0.125. The van der Waals surface area contributed by atoms with Crippen LogP contribution in [0.4, 0.5) is 0 Å². The standard InChI is InChI=1S/C16H13N3O2/c1-10-9-13(19-12-6-4-3-5-11(10)12)15(20)14-16(21-2)18-8-7-17-14/h3-9H,1-2H3. The van der Waals surface area contributed by atoms with E-state index in [4.69, 9.17) is 4.74 Å². The van der Waals surface area contributed by atoms with Gasteiger partial charge < -0.3 is 4.74 Å². The highest BCUT2D eigenvalue weighted by molar-refractivity contribution is 6.08. The molecule has 1 aromatic carbocycles. The largest absolute Gasteiger partial charge is 0.479 e. The van der Waals surface area contributed by atoms with Crippen molar-refractivity contribution in [1.82, 2.24) is 15.0 Å². The van der Waals surface area contributed by atoms with E-state index in [0.717, 1.165) is 16.5 Å². The molecular weight excluding hydrogens is 266 g/mol. The molecule has 0 aliphatic rings. The number of benzene rings is 1. The van der Waals surface area contributed by atoms with Crippen molar-refractivity contribution in [1.29, 1.82) is 0 Å². The van der Waals surface area contributed by atoms with Crippen LogP contribution in [0.15, 0.2) is 42.7 Å². The minimum Gasteiger partial charge on any atom is -0.479 e. The molecule has 0 N–H and O–H groups in total. The van der Waals surface area contributed by atoms with Crippen molar-refractivity contribution in [3.63, 3.8) is 0 Å². The van der Waals surface area contributed by atoms with Gasteiger partial charge in [0, 0.05) is 17.8 Å². The first-order valence-electron chi connectivity index (χ1n) is 6.47. The molecule has 0 saturated heterocycles. The maximum atomic E-state index is 12.6. The van der Waals surface area contributed by atoms with E-state index in [-0.39, 0.29) is 17.4 Å². The van der Waals surface area contributed by atoms with Crippen LogP contribution in [0.25, 0.3) is 10.9 Å². The summed E-state index contributed by atoms with van der Waals surface area (Å²) in [7, 11) is 1.46. The van der Waals surface area contributed by atoms with Gasteiger partial charge in [0.15, 0.2) is 5.69 Å². The Morgan fingerprint density at radius 3 is 2.71 bits per heavy atom. The van der Waals surface area contributed by atoms with Crippen molar-refractivity contribution < 1.29 is 9.53 Å². The second kappa shape index (κ2) is 5.28. The Kier molecular flexibility index (Phi) is 3.31. The Labute approximate surface area is 121 Å². The minimum absolute atomic E-state index is 0.169. The lowest BCUT2D eigenvalue weighted by Crippen LogP contribution is -2.10. The second-order valence-electron chi connectivity index (χ2n) is 4.58. The third-order valence-electron chi connectivity index (χ3n) is 3.23. The van der Waals surface area contributed by atoms with Gasteiger partial charge in [-0.15, -0.1) is 0 Å². The molecule has 5 heteroatoms. The molecule has 0 fully saturated rings. The van der Waals surface area contributed by atoms with Crippen molar-refractivity contribution in [3.8, 4) is 5.88 Å². The molecule has 0 spiro atoms. The second-order valence-corrected chi connectivity index (χ2v) is 4.58. The first kappa shape index (κ1) is 13.2. The molecule has 5 nitrogen and oxygen atoms in total. The monoisotopic (exact) mass is 279 g/mol. The van der Waals surface area contributed by atoms with Crippen molar-refractivity contribution in [2.75, 3.05) is 7.11 Å². The molecule has 0 aliphatic carbocycles. The Bertz CT molecular complexity index is 831. The normalized spacial score (nSPS) is 10.6. The molecule has 0 aliphatic heterocycles. The van der Waals surface area contributed by atoms with Gasteiger partial charge in [0.1, 0.15) is 5.69 Å². The van der Waals surface area contributed by atoms with Crippen molar-refractivity contribution >= 4 is 16.7 Å². The van der Waals surface area contributed by atoms with Crippen LogP contribution in [0.2, 0.25) is 0 Å². The van der Waals surface area contributed by atoms with E-state index in [0.29, 0.717) is 5.69 Å². The number of para-hydroxylation sites is 1. The molecule has 0 atom stereocenters. The zero-order chi connectivity index (χ0) is 14.8. The summed E-state index contributed by atoms with van der Waals surface area (Å²) in [5.74, 6) is -0.0936. The topological polar surface area (TPSA) is 65.0 Å².